The van der Waals surface area contributed by atoms with Crippen LogP contribution in [0.2, 0.25) is 0 Å². The lowest BCUT2D eigenvalue weighted by atomic mass is 9.85. The summed E-state index contributed by atoms with van der Waals surface area (Å²) >= 11 is 3.62. The predicted molar refractivity (Wildman–Crippen MR) is 81.4 cm³/mol. The standard InChI is InChI=1S/C11H14IN3O3S/c1-6-5-13-11(19-6)14-10(16)8-4-7(15(17)18)2-3-9(8)12/h5,7-9H,2-4H2,1H3,(H,13,14,16). The largest absolute Gasteiger partial charge is 0.302 e. The van der Waals surface area contributed by atoms with Crippen LogP contribution in [0.5, 0.6) is 0 Å². The van der Waals surface area contributed by atoms with Gasteiger partial charge in [-0.05, 0) is 13.3 Å². The Morgan fingerprint density at radius 1 is 1.63 bits per heavy atom. The molecule has 1 amide bonds. The average Bonchev–Trinajstić information content (AvgIpc) is 2.74. The maximum absolute atomic E-state index is 12.2. The molecule has 19 heavy (non-hydrogen) atoms. The topological polar surface area (TPSA) is 85.1 Å². The zero-order valence-electron chi connectivity index (χ0n) is 10.3. The van der Waals surface area contributed by atoms with Crippen LogP contribution in [0, 0.1) is 23.0 Å². The van der Waals surface area contributed by atoms with Crippen LogP contribution in [0.4, 0.5) is 5.13 Å². The molecule has 0 spiro atoms. The molecule has 1 aromatic heterocycles. The highest BCUT2D eigenvalue weighted by Crippen LogP contribution is 2.33. The van der Waals surface area contributed by atoms with Crippen molar-refractivity contribution < 1.29 is 9.72 Å². The number of halogens is 1. The summed E-state index contributed by atoms with van der Waals surface area (Å²) in [5, 5.41) is 14.2. The quantitative estimate of drug-likeness (QED) is 0.369. The molecule has 1 saturated carbocycles. The average molecular weight is 395 g/mol. The van der Waals surface area contributed by atoms with E-state index in [4.69, 9.17) is 0 Å². The molecule has 1 aromatic rings. The Morgan fingerprint density at radius 2 is 2.37 bits per heavy atom. The van der Waals surface area contributed by atoms with Gasteiger partial charge >= 0.3 is 0 Å². The van der Waals surface area contributed by atoms with Crippen molar-refractivity contribution >= 4 is 45.0 Å². The Bertz CT molecular complexity index is 493. The van der Waals surface area contributed by atoms with Gasteiger partial charge in [-0.3, -0.25) is 14.9 Å². The van der Waals surface area contributed by atoms with Gasteiger partial charge in [-0.25, -0.2) is 4.98 Å². The summed E-state index contributed by atoms with van der Waals surface area (Å²) in [5.74, 6) is -0.464. The number of alkyl halides is 1. The molecule has 1 aliphatic carbocycles. The van der Waals surface area contributed by atoms with Crippen LogP contribution < -0.4 is 5.32 Å². The van der Waals surface area contributed by atoms with E-state index < -0.39 is 6.04 Å². The van der Waals surface area contributed by atoms with Gasteiger partial charge < -0.3 is 5.32 Å². The summed E-state index contributed by atoms with van der Waals surface area (Å²) in [4.78, 5) is 27.9. The van der Waals surface area contributed by atoms with E-state index in [9.17, 15) is 14.9 Å². The molecule has 0 aliphatic heterocycles. The lowest BCUT2D eigenvalue weighted by Crippen LogP contribution is -2.39. The van der Waals surface area contributed by atoms with E-state index in [1.54, 1.807) is 6.20 Å². The maximum atomic E-state index is 12.2. The van der Waals surface area contributed by atoms with Gasteiger partial charge in [0.05, 0.1) is 5.92 Å². The number of anilines is 1. The number of hydrogen-bond acceptors (Lipinski definition) is 5. The van der Waals surface area contributed by atoms with Crippen LogP contribution in [0.3, 0.4) is 0 Å². The van der Waals surface area contributed by atoms with Crippen molar-refractivity contribution in [2.75, 3.05) is 5.32 Å². The van der Waals surface area contributed by atoms with Gasteiger partial charge in [-0.15, -0.1) is 11.3 Å². The van der Waals surface area contributed by atoms with Gasteiger partial charge in [0.25, 0.3) is 0 Å². The third kappa shape index (κ3) is 3.62. The van der Waals surface area contributed by atoms with Crippen molar-refractivity contribution in [1.82, 2.24) is 4.98 Å². The number of nitro groups is 1. The van der Waals surface area contributed by atoms with Crippen molar-refractivity contribution in [3.63, 3.8) is 0 Å². The zero-order valence-corrected chi connectivity index (χ0v) is 13.3. The first-order valence-corrected chi connectivity index (χ1v) is 8.04. The predicted octanol–water partition coefficient (Wildman–Crippen LogP) is 2.64. The number of carbonyl (C=O) groups excluding carboxylic acids is 1. The minimum atomic E-state index is -0.597. The van der Waals surface area contributed by atoms with Crippen molar-refractivity contribution in [3.05, 3.63) is 21.2 Å². The fraction of sp³-hybridized carbons (Fsp3) is 0.636. The Kier molecular flexibility index (Phi) is 4.71. The molecule has 8 heteroatoms. The summed E-state index contributed by atoms with van der Waals surface area (Å²) in [7, 11) is 0. The molecular formula is C11H14IN3O3S. The Hall–Kier alpha value is -0.770. The SMILES string of the molecule is Cc1cnc(NC(=O)C2CC([N+](=O)[O-])CCC2I)s1. The summed E-state index contributed by atoms with van der Waals surface area (Å²) < 4.78 is 0.148. The number of nitrogens with zero attached hydrogens (tertiary/aromatic N) is 2. The third-order valence-corrected chi connectivity index (χ3v) is 5.54. The fourth-order valence-electron chi connectivity index (χ4n) is 2.18. The number of nitrogens with one attached hydrogen (secondary N) is 1. The molecule has 0 bridgehead atoms. The van der Waals surface area contributed by atoms with Crippen molar-refractivity contribution in [1.29, 1.82) is 0 Å². The van der Waals surface area contributed by atoms with Gasteiger partial charge in [-0.2, -0.15) is 0 Å². The van der Waals surface area contributed by atoms with Crippen molar-refractivity contribution in [2.45, 2.75) is 36.2 Å². The smallest absolute Gasteiger partial charge is 0.230 e. The number of aromatic nitrogens is 1. The van der Waals surface area contributed by atoms with Crippen LogP contribution in [-0.4, -0.2) is 25.8 Å². The van der Waals surface area contributed by atoms with Crippen molar-refractivity contribution in [2.24, 2.45) is 5.92 Å². The van der Waals surface area contributed by atoms with E-state index in [-0.39, 0.29) is 20.7 Å². The van der Waals surface area contributed by atoms with Crippen LogP contribution in [0.1, 0.15) is 24.1 Å². The molecule has 1 fully saturated rings. The molecule has 3 unspecified atom stereocenters. The molecule has 1 heterocycles. The van der Waals surface area contributed by atoms with E-state index >= 15 is 0 Å². The van der Waals surface area contributed by atoms with Crippen LogP contribution in [0.15, 0.2) is 6.20 Å². The lowest BCUT2D eigenvalue weighted by molar-refractivity contribution is -0.527. The number of thiazole rings is 1. The zero-order chi connectivity index (χ0) is 14.0. The van der Waals surface area contributed by atoms with Gasteiger partial charge in [0.15, 0.2) is 5.13 Å². The van der Waals surface area contributed by atoms with Gasteiger partial charge in [0.1, 0.15) is 0 Å². The number of hydrogen-bond donors (Lipinski definition) is 1. The number of amides is 1. The first-order chi connectivity index (χ1) is 8.97. The minimum Gasteiger partial charge on any atom is -0.302 e. The van der Waals surface area contributed by atoms with Crippen molar-refractivity contribution in [3.8, 4) is 0 Å². The molecule has 1 N–H and O–H groups in total. The number of carbonyl (C=O) groups is 1. The highest BCUT2D eigenvalue weighted by molar-refractivity contribution is 14.1. The molecule has 2 rings (SSSR count). The molecular weight excluding hydrogens is 381 g/mol. The van der Waals surface area contributed by atoms with Crippen LogP contribution >= 0.6 is 33.9 Å². The molecule has 0 aromatic carbocycles. The molecule has 0 saturated heterocycles. The first kappa shape index (κ1) is 14.6. The Balaban J connectivity index is 2.02. The normalized spacial score (nSPS) is 26.9. The van der Waals surface area contributed by atoms with E-state index in [2.05, 4.69) is 32.9 Å². The Labute approximate surface area is 128 Å². The maximum Gasteiger partial charge on any atom is 0.230 e. The second-order valence-corrected chi connectivity index (χ2v) is 7.47. The highest BCUT2D eigenvalue weighted by atomic mass is 127. The summed E-state index contributed by atoms with van der Waals surface area (Å²) in [5.41, 5.74) is 0. The fourth-order valence-corrected chi connectivity index (χ4v) is 3.83. The van der Waals surface area contributed by atoms with Gasteiger partial charge in [0, 0.05) is 32.8 Å². The second kappa shape index (κ2) is 6.12. The number of rotatable bonds is 3. The van der Waals surface area contributed by atoms with E-state index in [1.165, 1.54) is 11.3 Å². The first-order valence-electron chi connectivity index (χ1n) is 5.98. The van der Waals surface area contributed by atoms with Crippen LogP contribution in [-0.2, 0) is 4.79 Å². The molecule has 104 valence electrons. The monoisotopic (exact) mass is 395 g/mol. The minimum absolute atomic E-state index is 0.148. The molecule has 0 radical (unpaired) electrons. The molecule has 6 nitrogen and oxygen atoms in total. The third-order valence-electron chi connectivity index (χ3n) is 3.22. The lowest BCUT2D eigenvalue weighted by Gasteiger charge is -2.27. The number of aryl methyl sites for hydroxylation is 1. The molecule has 1 aliphatic rings. The summed E-state index contributed by atoms with van der Waals surface area (Å²) in [6, 6.07) is -0.597. The van der Waals surface area contributed by atoms with Gasteiger partial charge in [0.2, 0.25) is 11.9 Å². The summed E-state index contributed by atoms with van der Waals surface area (Å²) in [6.45, 7) is 1.91. The van der Waals surface area contributed by atoms with E-state index in [1.807, 2.05) is 6.92 Å². The second-order valence-electron chi connectivity index (χ2n) is 4.64. The highest BCUT2D eigenvalue weighted by Gasteiger charge is 2.39. The summed E-state index contributed by atoms with van der Waals surface area (Å²) in [6.07, 6.45) is 3.28. The Morgan fingerprint density at radius 3 is 2.95 bits per heavy atom. The van der Waals surface area contributed by atoms with E-state index in [0.29, 0.717) is 24.4 Å². The van der Waals surface area contributed by atoms with E-state index in [0.717, 1.165) is 4.88 Å². The molecule has 3 atom stereocenters. The van der Waals surface area contributed by atoms with Gasteiger partial charge in [-0.1, -0.05) is 22.6 Å². The van der Waals surface area contributed by atoms with Crippen LogP contribution in [0.25, 0.3) is 0 Å².